The van der Waals surface area contributed by atoms with Crippen molar-refractivity contribution >= 4 is 34.9 Å². The number of nitrogens with two attached hydrogens (primary N) is 1. The molecule has 0 aliphatic carbocycles. The van der Waals surface area contributed by atoms with Crippen LogP contribution in [-0.2, 0) is 17.6 Å². The molecule has 126 valence electrons. The number of carboxylic acid groups (broad SMARTS) is 2. The van der Waals surface area contributed by atoms with Gasteiger partial charge in [0.15, 0.2) is 0 Å². The molecule has 0 aliphatic heterocycles. The van der Waals surface area contributed by atoms with Gasteiger partial charge in [-0.05, 0) is 24.7 Å². The first kappa shape index (κ1) is 17.6. The van der Waals surface area contributed by atoms with E-state index in [-0.39, 0.29) is 23.2 Å². The lowest BCUT2D eigenvalue weighted by molar-refractivity contribution is -0.115. The van der Waals surface area contributed by atoms with Gasteiger partial charge in [-0.2, -0.15) is 0 Å². The number of nitrogens with zero attached hydrogens (tertiary/aromatic N) is 1. The SMILES string of the molecule is NCCc1nc(CC(=O)Nc2cc(C(=O)O)cc(C(=O)O)c2)cs1. The van der Waals surface area contributed by atoms with Crippen LogP contribution in [-0.4, -0.2) is 39.6 Å². The van der Waals surface area contributed by atoms with Crippen LogP contribution >= 0.6 is 11.3 Å². The maximum Gasteiger partial charge on any atom is 0.335 e. The summed E-state index contributed by atoms with van der Waals surface area (Å²) in [7, 11) is 0. The number of carbonyl (C=O) groups excluding carboxylic acids is 1. The third-order valence-corrected chi connectivity index (χ3v) is 3.97. The van der Waals surface area contributed by atoms with Crippen molar-refractivity contribution in [3.63, 3.8) is 0 Å². The first-order valence-electron chi connectivity index (χ1n) is 6.94. The second-order valence-corrected chi connectivity index (χ2v) is 5.85. The minimum atomic E-state index is -1.28. The second kappa shape index (κ2) is 7.66. The molecule has 0 aliphatic rings. The zero-order chi connectivity index (χ0) is 17.7. The van der Waals surface area contributed by atoms with Crippen molar-refractivity contribution in [2.24, 2.45) is 5.73 Å². The average Bonchev–Trinajstić information content (AvgIpc) is 2.94. The summed E-state index contributed by atoms with van der Waals surface area (Å²) in [5, 5.41) is 23.1. The molecule has 9 heteroatoms. The first-order valence-corrected chi connectivity index (χ1v) is 7.82. The number of amides is 1. The molecule has 0 bridgehead atoms. The number of hydrogen-bond donors (Lipinski definition) is 4. The van der Waals surface area contributed by atoms with Crippen LogP contribution in [0.15, 0.2) is 23.6 Å². The van der Waals surface area contributed by atoms with Crippen molar-refractivity contribution in [1.29, 1.82) is 0 Å². The number of carbonyl (C=O) groups is 3. The standard InChI is InChI=1S/C15H15N3O5S/c16-2-1-13-18-11(7-24-13)6-12(19)17-10-4-8(14(20)21)3-9(5-10)15(22)23/h3-5,7H,1-2,6,16H2,(H,17,19)(H,20,21)(H,22,23). The number of anilines is 1. The molecule has 0 atom stereocenters. The van der Waals surface area contributed by atoms with Gasteiger partial charge >= 0.3 is 11.9 Å². The molecule has 1 amide bonds. The summed E-state index contributed by atoms with van der Waals surface area (Å²) in [6.07, 6.45) is 0.635. The Kier molecular flexibility index (Phi) is 5.61. The molecule has 0 fully saturated rings. The molecule has 1 heterocycles. The Hall–Kier alpha value is -2.78. The molecular weight excluding hydrogens is 334 g/mol. The minimum absolute atomic E-state index is 0.000769. The first-order chi connectivity index (χ1) is 11.4. The van der Waals surface area contributed by atoms with E-state index >= 15 is 0 Å². The smallest absolute Gasteiger partial charge is 0.335 e. The van der Waals surface area contributed by atoms with Gasteiger partial charge in [-0.1, -0.05) is 0 Å². The third-order valence-electron chi connectivity index (χ3n) is 3.01. The maximum atomic E-state index is 12.0. The van der Waals surface area contributed by atoms with E-state index < -0.39 is 17.8 Å². The number of thiazole rings is 1. The molecule has 8 nitrogen and oxygen atoms in total. The molecule has 0 radical (unpaired) electrons. The Morgan fingerprint density at radius 2 is 1.75 bits per heavy atom. The molecule has 1 aromatic heterocycles. The fourth-order valence-electron chi connectivity index (χ4n) is 1.98. The normalized spacial score (nSPS) is 10.4. The lowest BCUT2D eigenvalue weighted by atomic mass is 10.1. The zero-order valence-corrected chi connectivity index (χ0v) is 13.3. The van der Waals surface area contributed by atoms with E-state index in [0.29, 0.717) is 18.7 Å². The fraction of sp³-hybridized carbons (Fsp3) is 0.200. The Morgan fingerprint density at radius 3 is 2.29 bits per heavy atom. The van der Waals surface area contributed by atoms with Crippen LogP contribution < -0.4 is 11.1 Å². The molecule has 5 N–H and O–H groups in total. The van der Waals surface area contributed by atoms with Gasteiger partial charge in [0.05, 0.1) is 28.2 Å². The van der Waals surface area contributed by atoms with Crippen molar-refractivity contribution in [3.05, 3.63) is 45.4 Å². The van der Waals surface area contributed by atoms with Crippen LogP contribution in [0.1, 0.15) is 31.4 Å². The number of aromatic nitrogens is 1. The Labute approximate surface area is 141 Å². The van der Waals surface area contributed by atoms with E-state index in [4.69, 9.17) is 15.9 Å². The summed E-state index contributed by atoms with van der Waals surface area (Å²) in [4.78, 5) is 38.4. The Morgan fingerprint density at radius 1 is 1.12 bits per heavy atom. The van der Waals surface area contributed by atoms with E-state index in [1.54, 1.807) is 5.38 Å². The Balaban J connectivity index is 2.12. The van der Waals surface area contributed by atoms with E-state index in [9.17, 15) is 14.4 Å². The number of nitrogens with one attached hydrogen (secondary N) is 1. The molecule has 0 saturated heterocycles. The van der Waals surface area contributed by atoms with E-state index in [1.165, 1.54) is 23.5 Å². The summed E-state index contributed by atoms with van der Waals surface area (Å²) >= 11 is 1.41. The predicted octanol–water partition coefficient (Wildman–Crippen LogP) is 1.22. The van der Waals surface area contributed by atoms with Gasteiger partial charge in [-0.15, -0.1) is 11.3 Å². The summed E-state index contributed by atoms with van der Waals surface area (Å²) in [5.41, 5.74) is 5.69. The quantitative estimate of drug-likeness (QED) is 0.588. The van der Waals surface area contributed by atoms with Gasteiger partial charge < -0.3 is 21.3 Å². The molecule has 24 heavy (non-hydrogen) atoms. The number of hydrogen-bond acceptors (Lipinski definition) is 6. The van der Waals surface area contributed by atoms with Gasteiger partial charge in [0.2, 0.25) is 5.91 Å². The number of benzene rings is 1. The highest BCUT2D eigenvalue weighted by Gasteiger charge is 2.14. The highest BCUT2D eigenvalue weighted by Crippen LogP contribution is 2.17. The number of rotatable bonds is 7. The van der Waals surface area contributed by atoms with Crippen LogP contribution in [0, 0.1) is 0 Å². The van der Waals surface area contributed by atoms with Gasteiger partial charge in [0, 0.05) is 17.5 Å². The predicted molar refractivity (Wildman–Crippen MR) is 87.6 cm³/mol. The maximum absolute atomic E-state index is 12.0. The molecule has 1 aromatic carbocycles. The molecule has 0 unspecified atom stereocenters. The van der Waals surface area contributed by atoms with E-state index in [1.807, 2.05) is 0 Å². The average molecular weight is 349 g/mol. The Bertz CT molecular complexity index is 755. The van der Waals surface area contributed by atoms with Gasteiger partial charge in [-0.25, -0.2) is 14.6 Å². The van der Waals surface area contributed by atoms with Gasteiger partial charge in [0.25, 0.3) is 0 Å². The molecular formula is C15H15N3O5S. The van der Waals surface area contributed by atoms with Crippen LogP contribution in [0.2, 0.25) is 0 Å². The van der Waals surface area contributed by atoms with Gasteiger partial charge in [-0.3, -0.25) is 4.79 Å². The summed E-state index contributed by atoms with van der Waals surface area (Å²) in [6, 6.07) is 3.43. The van der Waals surface area contributed by atoms with Crippen LogP contribution in [0.4, 0.5) is 5.69 Å². The molecule has 2 rings (SSSR count). The zero-order valence-electron chi connectivity index (χ0n) is 12.5. The van der Waals surface area contributed by atoms with Crippen molar-refractivity contribution in [2.75, 3.05) is 11.9 Å². The topological polar surface area (TPSA) is 143 Å². The van der Waals surface area contributed by atoms with Crippen molar-refractivity contribution in [3.8, 4) is 0 Å². The van der Waals surface area contributed by atoms with E-state index in [0.717, 1.165) is 11.1 Å². The lowest BCUT2D eigenvalue weighted by Gasteiger charge is -2.07. The van der Waals surface area contributed by atoms with Crippen molar-refractivity contribution in [2.45, 2.75) is 12.8 Å². The summed E-state index contributed by atoms with van der Waals surface area (Å²) in [6.45, 7) is 0.471. The molecule has 0 spiro atoms. The van der Waals surface area contributed by atoms with Crippen molar-refractivity contribution in [1.82, 2.24) is 4.98 Å². The third kappa shape index (κ3) is 4.61. The number of carboxylic acids is 2. The second-order valence-electron chi connectivity index (χ2n) is 4.91. The van der Waals surface area contributed by atoms with Crippen LogP contribution in [0.3, 0.4) is 0 Å². The van der Waals surface area contributed by atoms with Crippen molar-refractivity contribution < 1.29 is 24.6 Å². The molecule has 0 saturated carbocycles. The molecule has 2 aromatic rings. The summed E-state index contributed by atoms with van der Waals surface area (Å²) < 4.78 is 0. The van der Waals surface area contributed by atoms with Gasteiger partial charge in [0.1, 0.15) is 0 Å². The highest BCUT2D eigenvalue weighted by molar-refractivity contribution is 7.09. The largest absolute Gasteiger partial charge is 0.478 e. The van der Waals surface area contributed by atoms with Crippen LogP contribution in [0.5, 0.6) is 0 Å². The number of aromatic carboxylic acids is 2. The summed E-state index contributed by atoms with van der Waals surface area (Å²) in [5.74, 6) is -2.97. The highest BCUT2D eigenvalue weighted by atomic mass is 32.1. The lowest BCUT2D eigenvalue weighted by Crippen LogP contribution is -2.16. The van der Waals surface area contributed by atoms with Crippen LogP contribution in [0.25, 0.3) is 0 Å². The minimum Gasteiger partial charge on any atom is -0.478 e. The van der Waals surface area contributed by atoms with E-state index in [2.05, 4.69) is 10.3 Å². The fourth-order valence-corrected chi connectivity index (χ4v) is 2.80. The monoisotopic (exact) mass is 349 g/mol.